The number of aryl methyl sites for hydroxylation is 2. The maximum atomic E-state index is 12.6. The number of amides is 3. The lowest BCUT2D eigenvalue weighted by atomic mass is 10.0. The van der Waals surface area contributed by atoms with E-state index < -0.39 is 0 Å². The minimum absolute atomic E-state index is 0.00706. The van der Waals surface area contributed by atoms with Crippen molar-refractivity contribution in [2.75, 3.05) is 20.1 Å². The van der Waals surface area contributed by atoms with E-state index >= 15 is 0 Å². The highest BCUT2D eigenvalue weighted by Gasteiger charge is 2.26. The quantitative estimate of drug-likeness (QED) is 0.849. The third-order valence-corrected chi connectivity index (χ3v) is 5.43. The van der Waals surface area contributed by atoms with Crippen LogP contribution in [-0.4, -0.2) is 57.9 Å². The maximum Gasteiger partial charge on any atom is 0.317 e. The molecule has 1 aromatic carbocycles. The molecule has 7 nitrogen and oxygen atoms in total. The molecule has 0 unspecified atom stereocenters. The molecule has 3 rings (SSSR count). The van der Waals surface area contributed by atoms with Crippen molar-refractivity contribution in [2.45, 2.75) is 53.1 Å². The van der Waals surface area contributed by atoms with Gasteiger partial charge in [-0.05, 0) is 49.9 Å². The van der Waals surface area contributed by atoms with Crippen LogP contribution in [0.3, 0.4) is 0 Å². The molecule has 7 heteroatoms. The van der Waals surface area contributed by atoms with Crippen LogP contribution in [0.2, 0.25) is 0 Å². The summed E-state index contributed by atoms with van der Waals surface area (Å²) in [5, 5.41) is 3.07. The van der Waals surface area contributed by atoms with Crippen LogP contribution in [0.25, 0.3) is 11.0 Å². The number of nitrogens with one attached hydrogen (secondary N) is 2. The molecule has 1 saturated heterocycles. The largest absolute Gasteiger partial charge is 0.340 e. The number of aromatic nitrogens is 2. The van der Waals surface area contributed by atoms with Crippen LogP contribution in [0, 0.1) is 19.8 Å². The number of carbonyl (C=O) groups is 2. The van der Waals surface area contributed by atoms with Gasteiger partial charge in [-0.3, -0.25) is 4.79 Å². The van der Waals surface area contributed by atoms with Crippen LogP contribution >= 0.6 is 0 Å². The zero-order chi connectivity index (χ0) is 20.4. The normalized spacial score (nSPS) is 17.2. The smallest absolute Gasteiger partial charge is 0.317 e. The van der Waals surface area contributed by atoms with E-state index in [1.165, 1.54) is 11.1 Å². The van der Waals surface area contributed by atoms with Crippen LogP contribution in [0.4, 0.5) is 4.79 Å². The molecule has 2 aromatic rings. The second-order valence-electron chi connectivity index (χ2n) is 8.22. The van der Waals surface area contributed by atoms with Gasteiger partial charge in [0.15, 0.2) is 0 Å². The van der Waals surface area contributed by atoms with E-state index in [2.05, 4.69) is 41.3 Å². The number of carbonyl (C=O) groups excluding carboxylic acids is 2. The van der Waals surface area contributed by atoms with Gasteiger partial charge in [0.05, 0.1) is 17.6 Å². The molecule has 2 heterocycles. The first-order valence-electron chi connectivity index (χ1n) is 10.0. The Labute approximate surface area is 166 Å². The van der Waals surface area contributed by atoms with Crippen molar-refractivity contribution >= 4 is 23.0 Å². The molecule has 1 aliphatic rings. The molecule has 1 aromatic heterocycles. The topological polar surface area (TPSA) is 81.3 Å². The van der Waals surface area contributed by atoms with E-state index in [0.717, 1.165) is 36.2 Å². The summed E-state index contributed by atoms with van der Waals surface area (Å²) in [5.74, 6) is 0.899. The number of H-pyrrole nitrogens is 1. The zero-order valence-electron chi connectivity index (χ0n) is 17.5. The van der Waals surface area contributed by atoms with Gasteiger partial charge in [0.25, 0.3) is 0 Å². The van der Waals surface area contributed by atoms with Crippen LogP contribution in [-0.2, 0) is 11.3 Å². The van der Waals surface area contributed by atoms with Gasteiger partial charge in [-0.1, -0.05) is 13.8 Å². The molecule has 1 atom stereocenters. The Morgan fingerprint density at radius 2 is 2.04 bits per heavy atom. The number of hydrogen-bond donors (Lipinski definition) is 2. The van der Waals surface area contributed by atoms with Gasteiger partial charge >= 0.3 is 6.03 Å². The monoisotopic (exact) mass is 385 g/mol. The summed E-state index contributed by atoms with van der Waals surface area (Å²) >= 11 is 0. The van der Waals surface area contributed by atoms with Gasteiger partial charge < -0.3 is 20.1 Å². The minimum Gasteiger partial charge on any atom is -0.340 e. The van der Waals surface area contributed by atoms with E-state index in [9.17, 15) is 9.59 Å². The third-order valence-electron chi connectivity index (χ3n) is 5.43. The number of likely N-dealkylation sites (tertiary alicyclic amines) is 1. The van der Waals surface area contributed by atoms with Crippen LogP contribution < -0.4 is 5.32 Å². The highest BCUT2D eigenvalue weighted by molar-refractivity contribution is 5.79. The zero-order valence-corrected chi connectivity index (χ0v) is 17.5. The summed E-state index contributed by atoms with van der Waals surface area (Å²) in [6, 6.07) is 4.00. The van der Waals surface area contributed by atoms with Crippen LogP contribution in [0.15, 0.2) is 12.1 Å². The van der Waals surface area contributed by atoms with Crippen molar-refractivity contribution < 1.29 is 9.59 Å². The molecule has 3 amide bonds. The van der Waals surface area contributed by atoms with Crippen molar-refractivity contribution in [1.29, 1.82) is 0 Å². The number of nitrogens with zero attached hydrogens (tertiary/aromatic N) is 3. The Morgan fingerprint density at radius 1 is 1.32 bits per heavy atom. The summed E-state index contributed by atoms with van der Waals surface area (Å²) in [6.45, 7) is 9.73. The van der Waals surface area contributed by atoms with E-state index in [4.69, 9.17) is 0 Å². The molecule has 1 aliphatic heterocycles. The fourth-order valence-corrected chi connectivity index (χ4v) is 3.64. The Balaban J connectivity index is 1.59. The molecule has 0 spiro atoms. The van der Waals surface area contributed by atoms with E-state index in [1.807, 2.05) is 18.7 Å². The van der Waals surface area contributed by atoms with Crippen molar-refractivity contribution in [3.63, 3.8) is 0 Å². The molecule has 28 heavy (non-hydrogen) atoms. The van der Waals surface area contributed by atoms with Gasteiger partial charge in [-0.25, -0.2) is 9.78 Å². The number of benzene rings is 1. The number of imidazole rings is 1. The Bertz CT molecular complexity index is 834. The molecule has 1 fully saturated rings. The minimum atomic E-state index is -0.142. The second-order valence-corrected chi connectivity index (χ2v) is 8.22. The fraction of sp³-hybridized carbons (Fsp3) is 0.571. The number of aromatic amines is 1. The summed E-state index contributed by atoms with van der Waals surface area (Å²) in [5.41, 5.74) is 4.32. The molecular weight excluding hydrogens is 354 g/mol. The number of fused-ring (bicyclic) bond motifs is 1. The maximum absolute atomic E-state index is 12.6. The van der Waals surface area contributed by atoms with E-state index in [1.54, 1.807) is 11.9 Å². The highest BCUT2D eigenvalue weighted by Crippen LogP contribution is 2.18. The Hall–Kier alpha value is -2.57. The molecule has 2 N–H and O–H groups in total. The lowest BCUT2D eigenvalue weighted by Gasteiger charge is -2.34. The summed E-state index contributed by atoms with van der Waals surface area (Å²) in [7, 11) is 1.76. The number of hydrogen-bond acceptors (Lipinski definition) is 3. The molecule has 0 bridgehead atoms. The van der Waals surface area contributed by atoms with E-state index in [0.29, 0.717) is 13.1 Å². The van der Waals surface area contributed by atoms with Gasteiger partial charge in [0.1, 0.15) is 5.82 Å². The predicted molar refractivity (Wildman–Crippen MR) is 110 cm³/mol. The standard InChI is InChI=1S/C21H31N5O2/c1-13(2)20(27)26-8-6-7-16(11-26)22-21(28)25(5)12-19-23-17-9-14(3)15(4)10-18(17)24-19/h9-10,13,16H,6-8,11-12H2,1-5H3,(H,22,28)(H,23,24)/t16-/m0/s1. The lowest BCUT2D eigenvalue weighted by Crippen LogP contribution is -2.52. The first kappa shape index (κ1) is 20.2. The summed E-state index contributed by atoms with van der Waals surface area (Å²) in [4.78, 5) is 36.2. The van der Waals surface area contributed by atoms with Gasteiger partial charge in [0.2, 0.25) is 5.91 Å². The third kappa shape index (κ3) is 4.46. The first-order chi connectivity index (χ1) is 13.2. The number of urea groups is 1. The fourth-order valence-electron chi connectivity index (χ4n) is 3.64. The van der Waals surface area contributed by atoms with Crippen molar-refractivity contribution in [3.05, 3.63) is 29.1 Å². The molecular formula is C21H31N5O2. The molecule has 152 valence electrons. The van der Waals surface area contributed by atoms with Gasteiger partial charge in [-0.2, -0.15) is 0 Å². The molecule has 0 radical (unpaired) electrons. The number of rotatable bonds is 4. The molecule has 0 saturated carbocycles. The Morgan fingerprint density at radius 3 is 2.75 bits per heavy atom. The summed E-state index contributed by atoms with van der Waals surface area (Å²) < 4.78 is 0. The first-order valence-corrected chi connectivity index (χ1v) is 10.0. The van der Waals surface area contributed by atoms with Crippen molar-refractivity contribution in [2.24, 2.45) is 5.92 Å². The Kier molecular flexibility index (Phi) is 5.91. The average Bonchev–Trinajstić information content (AvgIpc) is 3.02. The highest BCUT2D eigenvalue weighted by atomic mass is 16.2. The lowest BCUT2D eigenvalue weighted by molar-refractivity contribution is -0.135. The second kappa shape index (κ2) is 8.20. The molecule has 0 aliphatic carbocycles. The average molecular weight is 386 g/mol. The predicted octanol–water partition coefficient (Wildman–Crippen LogP) is 2.97. The number of piperidine rings is 1. The van der Waals surface area contributed by atoms with Gasteiger partial charge in [0, 0.05) is 32.1 Å². The van der Waals surface area contributed by atoms with Crippen LogP contribution in [0.1, 0.15) is 43.6 Å². The van der Waals surface area contributed by atoms with Crippen molar-refractivity contribution in [1.82, 2.24) is 25.1 Å². The van der Waals surface area contributed by atoms with E-state index in [-0.39, 0.29) is 23.9 Å². The SMILES string of the molecule is Cc1cc2nc(CN(C)C(=O)N[C@H]3CCCN(C(=O)C(C)C)C3)[nH]c2cc1C. The van der Waals surface area contributed by atoms with Crippen molar-refractivity contribution in [3.8, 4) is 0 Å². The summed E-state index contributed by atoms with van der Waals surface area (Å²) in [6.07, 6.45) is 1.81. The van der Waals surface area contributed by atoms with Crippen LogP contribution in [0.5, 0.6) is 0 Å². The van der Waals surface area contributed by atoms with Gasteiger partial charge in [-0.15, -0.1) is 0 Å².